The summed E-state index contributed by atoms with van der Waals surface area (Å²) in [5, 5.41) is 4.59. The third kappa shape index (κ3) is 3.31. The lowest BCUT2D eigenvalue weighted by Gasteiger charge is -2.24. The van der Waals surface area contributed by atoms with Crippen molar-refractivity contribution in [2.24, 2.45) is 7.05 Å². The lowest BCUT2D eigenvalue weighted by atomic mass is 10.1. The smallest absolute Gasteiger partial charge is 0.273 e. The van der Waals surface area contributed by atoms with Gasteiger partial charge < -0.3 is 4.90 Å². The van der Waals surface area contributed by atoms with Crippen molar-refractivity contribution < 1.29 is 4.79 Å². The normalized spacial score (nSPS) is 16.8. The zero-order chi connectivity index (χ0) is 18.1. The van der Waals surface area contributed by atoms with Crippen molar-refractivity contribution in [2.45, 2.75) is 5.37 Å². The summed E-state index contributed by atoms with van der Waals surface area (Å²) in [6, 6.07) is 20.0. The van der Waals surface area contributed by atoms with E-state index in [0.717, 1.165) is 33.6 Å². The van der Waals surface area contributed by atoms with Gasteiger partial charge in [0.05, 0.1) is 5.69 Å². The van der Waals surface area contributed by atoms with Crippen LogP contribution in [0.1, 0.15) is 21.4 Å². The molecule has 1 aliphatic heterocycles. The largest absolute Gasteiger partial charge is 0.320 e. The molecule has 1 aromatic heterocycles. The van der Waals surface area contributed by atoms with E-state index in [9.17, 15) is 4.79 Å². The average molecular weight is 428 g/mol. The second-order valence-electron chi connectivity index (χ2n) is 6.18. The molecule has 26 heavy (non-hydrogen) atoms. The number of carbonyl (C=O) groups is 1. The molecular weight excluding hydrogens is 410 g/mol. The lowest BCUT2D eigenvalue weighted by molar-refractivity contribution is 0.0749. The molecule has 0 saturated carbocycles. The van der Waals surface area contributed by atoms with Crippen LogP contribution in [0.5, 0.6) is 0 Å². The second-order valence-corrected chi connectivity index (χ2v) is 8.28. The van der Waals surface area contributed by atoms with Gasteiger partial charge in [-0.1, -0.05) is 58.4 Å². The van der Waals surface area contributed by atoms with Gasteiger partial charge in [-0.05, 0) is 23.8 Å². The fraction of sp³-hybridized carbons (Fsp3) is 0.200. The molecule has 1 atom stereocenters. The Morgan fingerprint density at radius 1 is 1.15 bits per heavy atom. The number of hydrogen-bond acceptors (Lipinski definition) is 3. The van der Waals surface area contributed by atoms with Crippen LogP contribution in [0.3, 0.4) is 0 Å². The highest BCUT2D eigenvalue weighted by Gasteiger charge is 2.32. The number of rotatable bonds is 3. The fourth-order valence-corrected chi connectivity index (χ4v) is 4.67. The predicted octanol–water partition coefficient (Wildman–Crippen LogP) is 4.74. The molecule has 1 unspecified atom stereocenters. The van der Waals surface area contributed by atoms with Crippen molar-refractivity contribution >= 4 is 33.6 Å². The summed E-state index contributed by atoms with van der Waals surface area (Å²) in [6.45, 7) is 0.746. The molecule has 2 aromatic carbocycles. The molecule has 1 saturated heterocycles. The predicted molar refractivity (Wildman–Crippen MR) is 109 cm³/mol. The molecule has 0 spiro atoms. The van der Waals surface area contributed by atoms with E-state index in [-0.39, 0.29) is 11.3 Å². The molecule has 0 radical (unpaired) electrons. The maximum atomic E-state index is 13.2. The monoisotopic (exact) mass is 427 g/mol. The molecule has 2 heterocycles. The highest BCUT2D eigenvalue weighted by atomic mass is 79.9. The van der Waals surface area contributed by atoms with Gasteiger partial charge >= 0.3 is 0 Å². The summed E-state index contributed by atoms with van der Waals surface area (Å²) < 4.78 is 2.73. The zero-order valence-electron chi connectivity index (χ0n) is 14.3. The van der Waals surface area contributed by atoms with Gasteiger partial charge in [0, 0.05) is 29.4 Å². The summed E-state index contributed by atoms with van der Waals surface area (Å²) in [5.74, 6) is 0.968. The van der Waals surface area contributed by atoms with Crippen molar-refractivity contribution in [1.29, 1.82) is 0 Å². The fourth-order valence-electron chi connectivity index (χ4n) is 3.15. The lowest BCUT2D eigenvalue weighted by Crippen LogP contribution is -2.31. The summed E-state index contributed by atoms with van der Waals surface area (Å²) >= 11 is 5.27. The molecule has 0 bridgehead atoms. The van der Waals surface area contributed by atoms with Crippen molar-refractivity contribution in [2.75, 3.05) is 12.3 Å². The van der Waals surface area contributed by atoms with Gasteiger partial charge in [-0.15, -0.1) is 11.8 Å². The average Bonchev–Trinajstić information content (AvgIpc) is 3.29. The molecule has 3 aromatic rings. The Balaban J connectivity index is 1.63. The SMILES string of the molecule is Cn1nc(-c2ccccc2)cc1C(=O)N1CCSC1c1ccc(Br)cc1. The van der Waals surface area contributed by atoms with Crippen LogP contribution < -0.4 is 0 Å². The van der Waals surface area contributed by atoms with Crippen LogP contribution in [0.4, 0.5) is 0 Å². The Hall–Kier alpha value is -2.05. The van der Waals surface area contributed by atoms with E-state index in [1.165, 1.54) is 0 Å². The Bertz CT molecular complexity index is 924. The van der Waals surface area contributed by atoms with Gasteiger partial charge in [0.1, 0.15) is 11.1 Å². The van der Waals surface area contributed by atoms with E-state index in [1.54, 1.807) is 16.4 Å². The number of aromatic nitrogens is 2. The highest BCUT2D eigenvalue weighted by Crippen LogP contribution is 2.39. The summed E-state index contributed by atoms with van der Waals surface area (Å²) in [5.41, 5.74) is 3.61. The van der Waals surface area contributed by atoms with Gasteiger partial charge in [-0.2, -0.15) is 5.10 Å². The summed E-state index contributed by atoms with van der Waals surface area (Å²) in [7, 11) is 1.83. The molecule has 6 heteroatoms. The second kappa shape index (κ2) is 7.29. The van der Waals surface area contributed by atoms with Gasteiger partial charge in [0.2, 0.25) is 0 Å². The first-order valence-electron chi connectivity index (χ1n) is 8.41. The van der Waals surface area contributed by atoms with E-state index in [4.69, 9.17) is 0 Å². The minimum atomic E-state index is 0.0279. The van der Waals surface area contributed by atoms with E-state index in [2.05, 4.69) is 33.2 Å². The number of hydrogen-bond donors (Lipinski definition) is 0. The third-order valence-corrected chi connectivity index (χ3v) is 6.26. The van der Waals surface area contributed by atoms with Crippen LogP contribution in [-0.2, 0) is 7.05 Å². The highest BCUT2D eigenvalue weighted by molar-refractivity contribution is 9.10. The van der Waals surface area contributed by atoms with Gasteiger partial charge in [-0.3, -0.25) is 9.48 Å². The molecule has 0 aliphatic carbocycles. The Labute approximate surface area is 165 Å². The number of benzene rings is 2. The number of carbonyl (C=O) groups excluding carboxylic acids is 1. The molecular formula is C20H18BrN3OS. The van der Waals surface area contributed by atoms with Crippen LogP contribution in [0.15, 0.2) is 65.1 Å². The molecule has 132 valence electrons. The molecule has 1 amide bonds. The van der Waals surface area contributed by atoms with Gasteiger partial charge in [0.25, 0.3) is 5.91 Å². The Kier molecular flexibility index (Phi) is 4.87. The van der Waals surface area contributed by atoms with E-state index in [1.807, 2.05) is 60.5 Å². The first-order valence-corrected chi connectivity index (χ1v) is 10.2. The van der Waals surface area contributed by atoms with Crippen LogP contribution in [0.25, 0.3) is 11.3 Å². The number of halogens is 1. The van der Waals surface area contributed by atoms with Crippen molar-refractivity contribution in [3.8, 4) is 11.3 Å². The van der Waals surface area contributed by atoms with E-state index < -0.39 is 0 Å². The minimum Gasteiger partial charge on any atom is -0.320 e. The molecule has 1 fully saturated rings. The van der Waals surface area contributed by atoms with Crippen molar-refractivity contribution in [1.82, 2.24) is 14.7 Å². The summed E-state index contributed by atoms with van der Waals surface area (Å²) in [4.78, 5) is 15.1. The van der Waals surface area contributed by atoms with Gasteiger partial charge in [0.15, 0.2) is 0 Å². The number of thioether (sulfide) groups is 1. The van der Waals surface area contributed by atoms with Crippen LogP contribution >= 0.6 is 27.7 Å². The standard InChI is InChI=1S/C20H18BrN3OS/c1-23-18(13-17(22-23)14-5-3-2-4-6-14)19(25)24-11-12-26-20(24)15-7-9-16(21)10-8-15/h2-10,13,20H,11-12H2,1H3. The van der Waals surface area contributed by atoms with E-state index >= 15 is 0 Å². The van der Waals surface area contributed by atoms with Crippen LogP contribution in [0.2, 0.25) is 0 Å². The van der Waals surface area contributed by atoms with Crippen molar-refractivity contribution in [3.63, 3.8) is 0 Å². The topological polar surface area (TPSA) is 38.1 Å². The van der Waals surface area contributed by atoms with Gasteiger partial charge in [-0.25, -0.2) is 0 Å². The summed E-state index contributed by atoms with van der Waals surface area (Å²) in [6.07, 6.45) is 0. The first-order chi connectivity index (χ1) is 12.6. The molecule has 4 nitrogen and oxygen atoms in total. The Morgan fingerprint density at radius 3 is 2.62 bits per heavy atom. The van der Waals surface area contributed by atoms with E-state index in [0.29, 0.717) is 5.69 Å². The van der Waals surface area contributed by atoms with Crippen LogP contribution in [0, 0.1) is 0 Å². The number of amides is 1. The zero-order valence-corrected chi connectivity index (χ0v) is 16.7. The van der Waals surface area contributed by atoms with Crippen LogP contribution in [-0.4, -0.2) is 32.9 Å². The third-order valence-electron chi connectivity index (χ3n) is 4.48. The number of nitrogens with zero attached hydrogens (tertiary/aromatic N) is 3. The molecule has 4 rings (SSSR count). The molecule has 0 N–H and O–H groups in total. The molecule has 1 aliphatic rings. The van der Waals surface area contributed by atoms with Crippen molar-refractivity contribution in [3.05, 3.63) is 76.4 Å². The quantitative estimate of drug-likeness (QED) is 0.605. The Morgan fingerprint density at radius 2 is 1.88 bits per heavy atom. The maximum Gasteiger partial charge on any atom is 0.273 e. The minimum absolute atomic E-state index is 0.0279. The number of aryl methyl sites for hydroxylation is 1. The maximum absolute atomic E-state index is 13.2. The first kappa shape index (κ1) is 17.4.